The zero-order chi connectivity index (χ0) is 26.2. The number of nitrogens with zero attached hydrogens (tertiary/aromatic N) is 3. The normalized spacial score (nSPS) is 18.8. The summed E-state index contributed by atoms with van der Waals surface area (Å²) in [7, 11) is 2.24. The number of likely N-dealkylation sites (N-methyl/N-ethyl adjacent to an activating group) is 1. The van der Waals surface area contributed by atoms with Gasteiger partial charge in [0.1, 0.15) is 12.2 Å². The first-order chi connectivity index (χ1) is 17.4. The second-order valence-electron chi connectivity index (χ2n) is 11.2. The first kappa shape index (κ1) is 30.8. The molecule has 0 amide bonds. The molecular formula is C29H52N3O3S+. The second-order valence-corrected chi connectivity index (χ2v) is 11.7. The third-order valence-electron chi connectivity index (χ3n) is 7.15. The van der Waals surface area contributed by atoms with E-state index in [0.717, 1.165) is 44.5 Å². The molecule has 2 heterocycles. The van der Waals surface area contributed by atoms with Gasteiger partial charge >= 0.3 is 5.97 Å². The highest BCUT2D eigenvalue weighted by molar-refractivity contribution is 6.99. The molecule has 0 N–H and O–H groups in total. The van der Waals surface area contributed by atoms with Crippen LogP contribution in [0.2, 0.25) is 0 Å². The van der Waals surface area contributed by atoms with Gasteiger partial charge in [0.05, 0.1) is 31.9 Å². The van der Waals surface area contributed by atoms with Crippen LogP contribution in [0.15, 0.2) is 6.08 Å². The predicted molar refractivity (Wildman–Crippen MR) is 150 cm³/mol. The molecule has 0 fully saturated rings. The van der Waals surface area contributed by atoms with E-state index in [-0.39, 0.29) is 12.2 Å². The smallest absolute Gasteiger partial charge is 0.310 e. The topological polar surface area (TPSA) is 61.3 Å². The highest BCUT2D eigenvalue weighted by atomic mass is 32.1. The van der Waals surface area contributed by atoms with Gasteiger partial charge in [-0.2, -0.15) is 4.37 Å². The Hall–Kier alpha value is -1.47. The van der Waals surface area contributed by atoms with Crippen LogP contribution < -0.4 is 4.74 Å². The molecule has 0 saturated carbocycles. The monoisotopic (exact) mass is 522 g/mol. The van der Waals surface area contributed by atoms with E-state index in [2.05, 4.69) is 49.6 Å². The number of carbonyl (C=O) groups excluding carboxylic acids is 1. The van der Waals surface area contributed by atoms with Gasteiger partial charge in [0.25, 0.3) is 5.88 Å². The molecule has 2 atom stereocenters. The Kier molecular flexibility index (Phi) is 14.6. The Balaban J connectivity index is 2.02. The molecule has 36 heavy (non-hydrogen) atoms. The van der Waals surface area contributed by atoms with Crippen LogP contribution in [-0.4, -0.2) is 52.2 Å². The van der Waals surface area contributed by atoms with E-state index in [1.807, 2.05) is 0 Å². The Morgan fingerprint density at radius 3 is 2.36 bits per heavy atom. The fourth-order valence-corrected chi connectivity index (χ4v) is 5.49. The average Bonchev–Trinajstić information content (AvgIpc) is 3.31. The van der Waals surface area contributed by atoms with Crippen LogP contribution in [0.25, 0.3) is 5.57 Å². The summed E-state index contributed by atoms with van der Waals surface area (Å²) in [5.74, 6) is 0.897. The Labute approximate surface area is 224 Å². The van der Waals surface area contributed by atoms with Crippen molar-refractivity contribution in [1.29, 1.82) is 0 Å². The zero-order valence-electron chi connectivity index (χ0n) is 23.7. The molecule has 2 unspecified atom stereocenters. The van der Waals surface area contributed by atoms with Gasteiger partial charge in [0.15, 0.2) is 0 Å². The van der Waals surface area contributed by atoms with Crippen molar-refractivity contribution >= 4 is 23.3 Å². The zero-order valence-corrected chi connectivity index (χ0v) is 24.5. The Bertz CT molecular complexity index is 780. The van der Waals surface area contributed by atoms with E-state index < -0.39 is 0 Å². The van der Waals surface area contributed by atoms with Crippen molar-refractivity contribution in [1.82, 2.24) is 8.75 Å². The highest BCUT2D eigenvalue weighted by Crippen LogP contribution is 2.33. The summed E-state index contributed by atoms with van der Waals surface area (Å²) in [5, 5.41) is 0. The Morgan fingerprint density at radius 2 is 1.67 bits per heavy atom. The lowest BCUT2D eigenvalue weighted by Crippen LogP contribution is -2.56. The summed E-state index contributed by atoms with van der Waals surface area (Å²) >= 11 is 1.22. The fraction of sp³-hybridized carbons (Fsp3) is 0.828. The number of esters is 1. The van der Waals surface area contributed by atoms with Crippen molar-refractivity contribution < 1.29 is 18.8 Å². The standard InChI is InChI=1S/C29H52N3O3S/c1-6-8-10-12-13-14-15-19-26(35-27(33)22-24(3)4)32(5)20-17-18-25(23-32)28-29(31-36-30-28)34-21-16-11-9-7-2/h18,24,26H,6-17,19-23H2,1-5H3/q+1. The molecule has 0 saturated heterocycles. The fourth-order valence-electron chi connectivity index (χ4n) is 4.96. The lowest BCUT2D eigenvalue weighted by molar-refractivity contribution is -0.947. The van der Waals surface area contributed by atoms with Crippen molar-refractivity contribution in [3.63, 3.8) is 0 Å². The van der Waals surface area contributed by atoms with Gasteiger partial charge in [-0.1, -0.05) is 91.6 Å². The van der Waals surface area contributed by atoms with Crippen molar-refractivity contribution in [3.05, 3.63) is 11.8 Å². The quantitative estimate of drug-likeness (QED) is 0.105. The molecule has 7 heteroatoms. The highest BCUT2D eigenvalue weighted by Gasteiger charge is 2.39. The van der Waals surface area contributed by atoms with Crippen LogP contribution in [0.3, 0.4) is 0 Å². The number of unbranched alkanes of at least 4 members (excludes halogenated alkanes) is 9. The number of hydrogen-bond acceptors (Lipinski definition) is 6. The minimum Gasteiger partial charge on any atom is -0.475 e. The number of carbonyl (C=O) groups is 1. The van der Waals surface area contributed by atoms with Gasteiger partial charge in [-0.05, 0) is 18.8 Å². The minimum absolute atomic E-state index is 0.0696. The van der Waals surface area contributed by atoms with Gasteiger partial charge in [-0.3, -0.25) is 9.28 Å². The summed E-state index contributed by atoms with van der Waals surface area (Å²) in [6, 6.07) is 0. The summed E-state index contributed by atoms with van der Waals surface area (Å²) in [4.78, 5) is 12.7. The molecule has 1 aliphatic rings. The first-order valence-corrected chi connectivity index (χ1v) is 15.3. The number of hydrogen-bond donors (Lipinski definition) is 0. The SMILES string of the molecule is CCCCCCCCCC(OC(=O)CC(C)C)[N+]1(C)CCC=C(c2nsnc2OCCCCCC)C1. The number of rotatable bonds is 19. The van der Waals surface area contributed by atoms with E-state index in [9.17, 15) is 4.79 Å². The molecule has 0 aliphatic carbocycles. The predicted octanol–water partition coefficient (Wildman–Crippen LogP) is 7.79. The largest absolute Gasteiger partial charge is 0.475 e. The molecule has 206 valence electrons. The molecule has 2 rings (SSSR count). The molecule has 0 bridgehead atoms. The summed E-state index contributed by atoms with van der Waals surface area (Å²) in [6.45, 7) is 11.1. The molecule has 1 aliphatic heterocycles. The van der Waals surface area contributed by atoms with Crippen LogP contribution in [0.1, 0.15) is 123 Å². The van der Waals surface area contributed by atoms with Crippen molar-refractivity contribution in [2.45, 2.75) is 124 Å². The van der Waals surface area contributed by atoms with E-state index in [0.29, 0.717) is 29.3 Å². The summed E-state index contributed by atoms with van der Waals surface area (Å²) in [6.07, 6.45) is 18.0. The lowest BCUT2D eigenvalue weighted by atomic mass is 10.0. The first-order valence-electron chi connectivity index (χ1n) is 14.6. The van der Waals surface area contributed by atoms with E-state index >= 15 is 0 Å². The van der Waals surface area contributed by atoms with E-state index in [4.69, 9.17) is 9.47 Å². The van der Waals surface area contributed by atoms with Crippen molar-refractivity contribution in [2.75, 3.05) is 26.7 Å². The minimum atomic E-state index is -0.124. The maximum atomic E-state index is 12.7. The third kappa shape index (κ3) is 10.9. The average molecular weight is 523 g/mol. The lowest BCUT2D eigenvalue weighted by Gasteiger charge is -2.43. The van der Waals surface area contributed by atoms with Crippen LogP contribution in [0.5, 0.6) is 5.88 Å². The van der Waals surface area contributed by atoms with Gasteiger partial charge in [-0.15, -0.1) is 4.37 Å². The number of quaternary nitrogens is 1. The van der Waals surface area contributed by atoms with Gasteiger partial charge in [-0.25, -0.2) is 0 Å². The molecule has 1 aromatic heterocycles. The second kappa shape index (κ2) is 17.1. The molecule has 0 radical (unpaired) electrons. The molecule has 1 aromatic rings. The van der Waals surface area contributed by atoms with Gasteiger partial charge in [0.2, 0.25) is 6.23 Å². The van der Waals surface area contributed by atoms with Crippen LogP contribution in [0, 0.1) is 5.92 Å². The maximum Gasteiger partial charge on any atom is 0.310 e. The Morgan fingerprint density at radius 1 is 1.00 bits per heavy atom. The van der Waals surface area contributed by atoms with Crippen molar-refractivity contribution in [2.24, 2.45) is 5.92 Å². The van der Waals surface area contributed by atoms with E-state index in [1.165, 1.54) is 75.1 Å². The van der Waals surface area contributed by atoms with Gasteiger partial charge in [0, 0.05) is 24.8 Å². The molecule has 6 nitrogen and oxygen atoms in total. The van der Waals surface area contributed by atoms with Crippen LogP contribution in [0.4, 0.5) is 0 Å². The van der Waals surface area contributed by atoms with Crippen molar-refractivity contribution in [3.8, 4) is 5.88 Å². The van der Waals surface area contributed by atoms with Crippen LogP contribution in [-0.2, 0) is 9.53 Å². The maximum absolute atomic E-state index is 12.7. The molecule has 0 spiro atoms. The molecular weight excluding hydrogens is 470 g/mol. The third-order valence-corrected chi connectivity index (χ3v) is 7.67. The molecule has 0 aromatic carbocycles. The summed E-state index contributed by atoms with van der Waals surface area (Å²) < 4.78 is 22.0. The summed E-state index contributed by atoms with van der Waals surface area (Å²) in [5.41, 5.74) is 2.05. The number of ether oxygens (including phenoxy) is 2. The van der Waals surface area contributed by atoms with Gasteiger partial charge < -0.3 is 9.47 Å². The number of aromatic nitrogens is 2. The van der Waals surface area contributed by atoms with Crippen LogP contribution >= 0.6 is 11.7 Å². The van der Waals surface area contributed by atoms with E-state index in [1.54, 1.807) is 0 Å².